The molecule has 1 amide bonds. The standard InChI is InChI=1S/C13H12N2O4S/c14-13(17)9-4-3-5-10(8-9)15-20(18,19)12-7-2-1-6-11(12)16/h1-8,15-16H,(H2,14,17). The Morgan fingerprint density at radius 3 is 2.45 bits per heavy atom. The van der Waals surface area contributed by atoms with Gasteiger partial charge in [-0.1, -0.05) is 18.2 Å². The van der Waals surface area contributed by atoms with Crippen LogP contribution in [-0.4, -0.2) is 19.4 Å². The number of rotatable bonds is 4. The molecule has 0 radical (unpaired) electrons. The average Bonchev–Trinajstić information content (AvgIpc) is 2.38. The second-order valence-corrected chi connectivity index (χ2v) is 5.67. The Hall–Kier alpha value is -2.54. The van der Waals surface area contributed by atoms with Crippen molar-refractivity contribution in [2.75, 3.05) is 4.72 Å². The number of hydrogen-bond donors (Lipinski definition) is 3. The summed E-state index contributed by atoms with van der Waals surface area (Å²) < 4.78 is 26.5. The van der Waals surface area contributed by atoms with Gasteiger partial charge in [0.05, 0.1) is 0 Å². The molecule has 7 heteroatoms. The zero-order valence-electron chi connectivity index (χ0n) is 10.3. The molecule has 0 saturated heterocycles. The SMILES string of the molecule is NC(=O)c1cccc(NS(=O)(=O)c2ccccc2O)c1. The van der Waals surface area contributed by atoms with E-state index in [1.807, 2.05) is 0 Å². The van der Waals surface area contributed by atoms with Gasteiger partial charge in [0, 0.05) is 11.3 Å². The number of phenols is 1. The molecule has 0 aromatic heterocycles. The Bertz CT molecular complexity index is 756. The summed E-state index contributed by atoms with van der Waals surface area (Å²) in [6.07, 6.45) is 0. The molecule has 6 nitrogen and oxygen atoms in total. The largest absolute Gasteiger partial charge is 0.507 e. The summed E-state index contributed by atoms with van der Waals surface area (Å²) in [7, 11) is -3.94. The van der Waals surface area contributed by atoms with Gasteiger partial charge < -0.3 is 10.8 Å². The maximum atomic E-state index is 12.1. The zero-order valence-corrected chi connectivity index (χ0v) is 11.1. The summed E-state index contributed by atoms with van der Waals surface area (Å²) in [6, 6.07) is 11.3. The van der Waals surface area contributed by atoms with Crippen molar-refractivity contribution in [2.24, 2.45) is 5.73 Å². The van der Waals surface area contributed by atoms with Gasteiger partial charge in [-0.3, -0.25) is 9.52 Å². The lowest BCUT2D eigenvalue weighted by Gasteiger charge is -2.09. The number of carbonyl (C=O) groups excluding carboxylic acids is 1. The van der Waals surface area contributed by atoms with Crippen molar-refractivity contribution in [3.63, 3.8) is 0 Å². The Labute approximate surface area is 115 Å². The second-order valence-electron chi connectivity index (χ2n) is 4.02. The van der Waals surface area contributed by atoms with Gasteiger partial charge >= 0.3 is 0 Å². The number of primary amides is 1. The molecule has 2 rings (SSSR count). The second kappa shape index (κ2) is 5.22. The number of nitrogens with one attached hydrogen (secondary N) is 1. The minimum Gasteiger partial charge on any atom is -0.507 e. The van der Waals surface area contributed by atoms with Crippen LogP contribution in [0.15, 0.2) is 53.4 Å². The molecular formula is C13H12N2O4S. The number of nitrogens with two attached hydrogens (primary N) is 1. The molecule has 2 aromatic carbocycles. The van der Waals surface area contributed by atoms with Gasteiger partial charge in [-0.2, -0.15) is 0 Å². The van der Waals surface area contributed by atoms with Gasteiger partial charge in [-0.05, 0) is 30.3 Å². The van der Waals surface area contributed by atoms with Crippen LogP contribution in [0.2, 0.25) is 0 Å². The number of benzene rings is 2. The van der Waals surface area contributed by atoms with Crippen molar-refractivity contribution in [3.8, 4) is 5.75 Å². The number of para-hydroxylation sites is 1. The van der Waals surface area contributed by atoms with Gasteiger partial charge in [-0.15, -0.1) is 0 Å². The molecule has 0 saturated carbocycles. The summed E-state index contributed by atoms with van der Waals surface area (Å²) >= 11 is 0. The molecule has 0 aliphatic rings. The number of amides is 1. The van der Waals surface area contributed by atoms with Gasteiger partial charge in [0.15, 0.2) is 0 Å². The zero-order chi connectivity index (χ0) is 14.8. The van der Waals surface area contributed by atoms with E-state index in [1.165, 1.54) is 48.5 Å². The van der Waals surface area contributed by atoms with Crippen LogP contribution in [0, 0.1) is 0 Å². The fourth-order valence-corrected chi connectivity index (χ4v) is 2.78. The van der Waals surface area contributed by atoms with Crippen molar-refractivity contribution in [2.45, 2.75) is 4.90 Å². The van der Waals surface area contributed by atoms with E-state index in [-0.39, 0.29) is 21.9 Å². The summed E-state index contributed by atoms with van der Waals surface area (Å²) in [5.74, 6) is -1.01. The lowest BCUT2D eigenvalue weighted by molar-refractivity contribution is 0.100. The van der Waals surface area contributed by atoms with E-state index in [4.69, 9.17) is 5.73 Å². The molecule has 0 heterocycles. The topological polar surface area (TPSA) is 109 Å². The van der Waals surface area contributed by atoms with Crippen molar-refractivity contribution in [1.29, 1.82) is 0 Å². The van der Waals surface area contributed by atoms with Crippen LogP contribution < -0.4 is 10.5 Å². The van der Waals surface area contributed by atoms with Crippen molar-refractivity contribution >= 4 is 21.6 Å². The highest BCUT2D eigenvalue weighted by atomic mass is 32.2. The van der Waals surface area contributed by atoms with E-state index >= 15 is 0 Å². The molecule has 0 spiro atoms. The summed E-state index contributed by atoms with van der Waals surface area (Å²) in [5.41, 5.74) is 5.49. The lowest BCUT2D eigenvalue weighted by atomic mass is 10.2. The van der Waals surface area contributed by atoms with Crippen LogP contribution in [-0.2, 0) is 10.0 Å². The van der Waals surface area contributed by atoms with Crippen LogP contribution in [0.25, 0.3) is 0 Å². The van der Waals surface area contributed by atoms with Crippen molar-refractivity contribution in [1.82, 2.24) is 0 Å². The molecule has 0 aliphatic carbocycles. The summed E-state index contributed by atoms with van der Waals surface area (Å²) in [6.45, 7) is 0. The molecule has 0 atom stereocenters. The fraction of sp³-hybridized carbons (Fsp3) is 0. The van der Waals surface area contributed by atoms with Crippen molar-refractivity contribution < 1.29 is 18.3 Å². The predicted octanol–water partition coefficient (Wildman–Crippen LogP) is 1.29. The smallest absolute Gasteiger partial charge is 0.265 e. The number of hydrogen-bond acceptors (Lipinski definition) is 4. The lowest BCUT2D eigenvalue weighted by Crippen LogP contribution is -2.15. The van der Waals surface area contributed by atoms with Gasteiger partial charge in [0.2, 0.25) is 5.91 Å². The van der Waals surface area contributed by atoms with Crippen LogP contribution in [0.5, 0.6) is 5.75 Å². The molecule has 2 aromatic rings. The number of carbonyl (C=O) groups is 1. The first-order valence-corrected chi connectivity index (χ1v) is 7.09. The number of anilines is 1. The molecule has 104 valence electrons. The van der Waals surface area contributed by atoms with Crippen LogP contribution >= 0.6 is 0 Å². The quantitative estimate of drug-likeness (QED) is 0.788. The predicted molar refractivity (Wildman–Crippen MR) is 73.9 cm³/mol. The third kappa shape index (κ3) is 2.89. The van der Waals surface area contributed by atoms with Crippen LogP contribution in [0.4, 0.5) is 5.69 Å². The maximum absolute atomic E-state index is 12.1. The van der Waals surface area contributed by atoms with Gasteiger partial charge in [0.1, 0.15) is 10.6 Å². The Morgan fingerprint density at radius 1 is 1.10 bits per heavy atom. The highest BCUT2D eigenvalue weighted by Crippen LogP contribution is 2.24. The molecule has 4 N–H and O–H groups in total. The maximum Gasteiger partial charge on any atom is 0.265 e. The van der Waals surface area contributed by atoms with Gasteiger partial charge in [0.25, 0.3) is 10.0 Å². The fourth-order valence-electron chi connectivity index (χ4n) is 1.63. The molecular weight excluding hydrogens is 280 g/mol. The van der Waals surface area contributed by atoms with Crippen molar-refractivity contribution in [3.05, 3.63) is 54.1 Å². The van der Waals surface area contributed by atoms with E-state index in [0.717, 1.165) is 0 Å². The van der Waals surface area contributed by atoms with Gasteiger partial charge in [-0.25, -0.2) is 8.42 Å². The van der Waals surface area contributed by atoms with E-state index in [9.17, 15) is 18.3 Å². The van der Waals surface area contributed by atoms with Crippen LogP contribution in [0.1, 0.15) is 10.4 Å². The minimum atomic E-state index is -3.94. The van der Waals surface area contributed by atoms with E-state index < -0.39 is 15.9 Å². The number of sulfonamides is 1. The summed E-state index contributed by atoms with van der Waals surface area (Å²) in [5, 5.41) is 9.57. The highest BCUT2D eigenvalue weighted by Gasteiger charge is 2.18. The van der Waals surface area contributed by atoms with E-state index in [1.54, 1.807) is 0 Å². The third-order valence-electron chi connectivity index (χ3n) is 2.55. The summed E-state index contributed by atoms with van der Waals surface area (Å²) in [4.78, 5) is 10.8. The molecule has 0 aliphatic heterocycles. The number of phenolic OH excluding ortho intramolecular Hbond substituents is 1. The Kier molecular flexibility index (Phi) is 3.62. The first kappa shape index (κ1) is 13.9. The molecule has 20 heavy (non-hydrogen) atoms. The first-order valence-electron chi connectivity index (χ1n) is 5.61. The molecule has 0 fully saturated rings. The molecule has 0 unspecified atom stereocenters. The number of aromatic hydroxyl groups is 1. The Morgan fingerprint density at radius 2 is 1.80 bits per heavy atom. The molecule has 0 bridgehead atoms. The van der Waals surface area contributed by atoms with E-state index in [0.29, 0.717) is 0 Å². The van der Waals surface area contributed by atoms with Crippen LogP contribution in [0.3, 0.4) is 0 Å². The van der Waals surface area contributed by atoms with E-state index in [2.05, 4.69) is 4.72 Å². The Balaban J connectivity index is 2.36. The monoisotopic (exact) mass is 292 g/mol. The average molecular weight is 292 g/mol. The third-order valence-corrected chi connectivity index (χ3v) is 3.98. The first-order chi connectivity index (χ1) is 9.40. The minimum absolute atomic E-state index is 0.183. The highest BCUT2D eigenvalue weighted by molar-refractivity contribution is 7.92. The normalized spacial score (nSPS) is 11.0.